The van der Waals surface area contributed by atoms with Gasteiger partial charge in [-0.05, 0) is 30.6 Å². The van der Waals surface area contributed by atoms with Crippen molar-refractivity contribution < 1.29 is 0 Å². The van der Waals surface area contributed by atoms with Gasteiger partial charge in [0.2, 0.25) is 0 Å². The highest BCUT2D eigenvalue weighted by molar-refractivity contribution is 5.09. The van der Waals surface area contributed by atoms with E-state index in [1.807, 2.05) is 0 Å². The van der Waals surface area contributed by atoms with Gasteiger partial charge in [-0.25, -0.2) is 0 Å². The SMILES string of the molecule is C[C]1CC1CC(C)C. The van der Waals surface area contributed by atoms with Crippen molar-refractivity contribution >= 4 is 0 Å². The fourth-order valence-corrected chi connectivity index (χ4v) is 1.18. The second-order valence-corrected chi connectivity index (χ2v) is 3.38. The summed E-state index contributed by atoms with van der Waals surface area (Å²) in [6.45, 7) is 6.87. The Morgan fingerprint density at radius 1 is 1.62 bits per heavy atom. The second-order valence-electron chi connectivity index (χ2n) is 3.38. The van der Waals surface area contributed by atoms with Gasteiger partial charge in [0.25, 0.3) is 0 Å². The molecular weight excluding hydrogens is 96.1 g/mol. The molecule has 1 aliphatic rings. The van der Waals surface area contributed by atoms with Gasteiger partial charge in [-0.15, -0.1) is 0 Å². The summed E-state index contributed by atoms with van der Waals surface area (Å²) in [7, 11) is 0. The van der Waals surface area contributed by atoms with E-state index in [0.29, 0.717) is 0 Å². The van der Waals surface area contributed by atoms with Gasteiger partial charge in [0.15, 0.2) is 0 Å². The number of hydrogen-bond acceptors (Lipinski definition) is 0. The molecule has 0 bridgehead atoms. The van der Waals surface area contributed by atoms with Crippen LogP contribution in [0, 0.1) is 17.8 Å². The van der Waals surface area contributed by atoms with Crippen LogP contribution in [0.15, 0.2) is 0 Å². The zero-order valence-corrected chi connectivity index (χ0v) is 6.07. The van der Waals surface area contributed by atoms with Crippen LogP contribution in [-0.2, 0) is 0 Å². The van der Waals surface area contributed by atoms with Crippen LogP contribution in [0.4, 0.5) is 0 Å². The molecule has 0 amide bonds. The number of rotatable bonds is 2. The monoisotopic (exact) mass is 111 g/mol. The molecule has 1 radical (unpaired) electrons. The lowest BCUT2D eigenvalue weighted by molar-refractivity contribution is 0.544. The lowest BCUT2D eigenvalue weighted by Gasteiger charge is -1.99. The Morgan fingerprint density at radius 3 is 2.25 bits per heavy atom. The molecule has 1 rings (SSSR count). The summed E-state index contributed by atoms with van der Waals surface area (Å²) >= 11 is 0. The summed E-state index contributed by atoms with van der Waals surface area (Å²) < 4.78 is 0. The van der Waals surface area contributed by atoms with Crippen molar-refractivity contribution in [1.82, 2.24) is 0 Å². The zero-order chi connectivity index (χ0) is 6.15. The summed E-state index contributed by atoms with van der Waals surface area (Å²) in [5.41, 5.74) is 0. The lowest BCUT2D eigenvalue weighted by atomic mass is 10.1. The maximum Gasteiger partial charge on any atom is -0.0238 e. The Kier molecular flexibility index (Phi) is 1.59. The molecule has 0 aliphatic heterocycles. The van der Waals surface area contributed by atoms with Crippen molar-refractivity contribution in [3.8, 4) is 0 Å². The van der Waals surface area contributed by atoms with Gasteiger partial charge < -0.3 is 0 Å². The predicted octanol–water partition coefficient (Wildman–Crippen LogP) is 2.65. The molecule has 1 unspecified atom stereocenters. The van der Waals surface area contributed by atoms with Crippen LogP contribution in [0.1, 0.15) is 33.6 Å². The molecule has 0 aromatic heterocycles. The third-order valence-electron chi connectivity index (χ3n) is 1.86. The highest BCUT2D eigenvalue weighted by atomic mass is 14.4. The van der Waals surface area contributed by atoms with Crippen molar-refractivity contribution in [3.63, 3.8) is 0 Å². The van der Waals surface area contributed by atoms with Gasteiger partial charge in [0.05, 0.1) is 0 Å². The average molecular weight is 111 g/mol. The van der Waals surface area contributed by atoms with Gasteiger partial charge in [0.1, 0.15) is 0 Å². The topological polar surface area (TPSA) is 0 Å². The average Bonchev–Trinajstić information content (AvgIpc) is 2.17. The Labute approximate surface area is 52.3 Å². The Balaban J connectivity index is 2.05. The maximum absolute atomic E-state index is 2.30. The van der Waals surface area contributed by atoms with Crippen molar-refractivity contribution in [2.24, 2.45) is 11.8 Å². The largest absolute Gasteiger partial charge is 0.0628 e. The van der Waals surface area contributed by atoms with Crippen molar-refractivity contribution in [1.29, 1.82) is 0 Å². The molecule has 1 fully saturated rings. The van der Waals surface area contributed by atoms with Crippen molar-refractivity contribution in [3.05, 3.63) is 5.92 Å². The quantitative estimate of drug-likeness (QED) is 0.514. The standard InChI is InChI=1S/C8H15/c1-6(2)4-8-5-7(8)3/h6,8H,4-5H2,1-3H3. The third kappa shape index (κ3) is 1.50. The first kappa shape index (κ1) is 6.12. The van der Waals surface area contributed by atoms with Crippen LogP contribution in [0.2, 0.25) is 0 Å². The molecule has 0 nitrogen and oxygen atoms in total. The highest BCUT2D eigenvalue weighted by Crippen LogP contribution is 2.44. The molecule has 0 spiro atoms. The normalized spacial score (nSPS) is 29.2. The minimum Gasteiger partial charge on any atom is -0.0628 e. The maximum atomic E-state index is 2.30. The van der Waals surface area contributed by atoms with Gasteiger partial charge in [-0.1, -0.05) is 20.8 Å². The molecule has 47 valence electrons. The van der Waals surface area contributed by atoms with Crippen LogP contribution in [0.25, 0.3) is 0 Å². The fourth-order valence-electron chi connectivity index (χ4n) is 1.18. The molecular formula is C8H15. The summed E-state index contributed by atoms with van der Waals surface area (Å²) in [4.78, 5) is 0. The molecule has 0 heterocycles. The molecule has 0 saturated heterocycles. The highest BCUT2D eigenvalue weighted by Gasteiger charge is 2.32. The summed E-state index contributed by atoms with van der Waals surface area (Å²) in [6, 6.07) is 0. The molecule has 0 aromatic rings. The van der Waals surface area contributed by atoms with Crippen LogP contribution in [0.3, 0.4) is 0 Å². The minimum absolute atomic E-state index is 0.900. The first-order chi connectivity index (χ1) is 3.70. The van der Waals surface area contributed by atoms with E-state index in [4.69, 9.17) is 0 Å². The van der Waals surface area contributed by atoms with Gasteiger partial charge in [-0.3, -0.25) is 0 Å². The van der Waals surface area contributed by atoms with Crippen LogP contribution in [-0.4, -0.2) is 0 Å². The number of hydrogen-bond donors (Lipinski definition) is 0. The first-order valence-electron chi connectivity index (χ1n) is 3.52. The smallest absolute Gasteiger partial charge is 0.0238 e. The van der Waals surface area contributed by atoms with Crippen molar-refractivity contribution in [2.75, 3.05) is 0 Å². The van der Waals surface area contributed by atoms with Gasteiger partial charge >= 0.3 is 0 Å². The first-order valence-corrected chi connectivity index (χ1v) is 3.52. The van der Waals surface area contributed by atoms with Gasteiger partial charge in [0, 0.05) is 0 Å². The van der Waals surface area contributed by atoms with Crippen LogP contribution < -0.4 is 0 Å². The Bertz CT molecular complexity index is 74.1. The van der Waals surface area contributed by atoms with E-state index in [-0.39, 0.29) is 0 Å². The predicted molar refractivity (Wildman–Crippen MR) is 36.5 cm³/mol. The van der Waals surface area contributed by atoms with Crippen LogP contribution in [0.5, 0.6) is 0 Å². The van der Waals surface area contributed by atoms with E-state index in [1.54, 1.807) is 5.92 Å². The third-order valence-corrected chi connectivity index (χ3v) is 1.86. The van der Waals surface area contributed by atoms with E-state index < -0.39 is 0 Å². The van der Waals surface area contributed by atoms with E-state index in [9.17, 15) is 0 Å². The molecule has 1 atom stereocenters. The summed E-state index contributed by atoms with van der Waals surface area (Å²) in [5.74, 6) is 3.63. The summed E-state index contributed by atoms with van der Waals surface area (Å²) in [5, 5.41) is 0. The van der Waals surface area contributed by atoms with E-state index >= 15 is 0 Å². The molecule has 0 aromatic carbocycles. The lowest BCUT2D eigenvalue weighted by Crippen LogP contribution is -1.88. The zero-order valence-electron chi connectivity index (χ0n) is 6.07. The van der Waals surface area contributed by atoms with Crippen LogP contribution >= 0.6 is 0 Å². The fraction of sp³-hybridized carbons (Fsp3) is 0.875. The molecule has 1 saturated carbocycles. The molecule has 0 heteroatoms. The van der Waals surface area contributed by atoms with E-state index in [1.165, 1.54) is 12.8 Å². The Hall–Kier alpha value is 0. The Morgan fingerprint density at radius 2 is 2.12 bits per heavy atom. The van der Waals surface area contributed by atoms with E-state index in [2.05, 4.69) is 20.8 Å². The van der Waals surface area contributed by atoms with Gasteiger partial charge in [-0.2, -0.15) is 0 Å². The second kappa shape index (κ2) is 2.08. The molecule has 1 aliphatic carbocycles. The minimum atomic E-state index is 0.900. The summed E-state index contributed by atoms with van der Waals surface area (Å²) in [6.07, 6.45) is 2.84. The van der Waals surface area contributed by atoms with E-state index in [0.717, 1.165) is 11.8 Å². The van der Waals surface area contributed by atoms with Crippen molar-refractivity contribution in [2.45, 2.75) is 33.6 Å². The molecule has 8 heavy (non-hydrogen) atoms. The molecule has 0 N–H and O–H groups in total.